The van der Waals surface area contributed by atoms with Gasteiger partial charge in [0.2, 0.25) is 5.79 Å². The summed E-state index contributed by atoms with van der Waals surface area (Å²) in [4.78, 5) is 2.39. The zero-order valence-corrected chi connectivity index (χ0v) is 17.4. The normalized spacial score (nSPS) is 22.6. The maximum absolute atomic E-state index is 6.35. The molecular formula is C23H29ClN2O2. The fourth-order valence-electron chi connectivity index (χ4n) is 5.10. The van der Waals surface area contributed by atoms with Gasteiger partial charge < -0.3 is 18.9 Å². The molecule has 1 aliphatic carbocycles. The van der Waals surface area contributed by atoms with Crippen LogP contribution < -0.4 is 0 Å². The summed E-state index contributed by atoms with van der Waals surface area (Å²) in [5.41, 5.74) is 5.56. The molecule has 1 aromatic heterocycles. The first-order valence-corrected chi connectivity index (χ1v) is 11.0. The number of hydrogen-bond acceptors (Lipinski definition) is 3. The summed E-state index contributed by atoms with van der Waals surface area (Å²) in [7, 11) is 2.19. The molecule has 1 saturated carbocycles. The number of nitrogens with zero attached hydrogens (tertiary/aromatic N) is 2. The van der Waals surface area contributed by atoms with Crippen LogP contribution in [0.15, 0.2) is 29.8 Å². The molecule has 0 unspecified atom stereocenters. The molecule has 2 fully saturated rings. The second-order valence-corrected chi connectivity index (χ2v) is 8.97. The van der Waals surface area contributed by atoms with Gasteiger partial charge in [-0.05, 0) is 69.0 Å². The van der Waals surface area contributed by atoms with Gasteiger partial charge in [0.25, 0.3) is 0 Å². The van der Waals surface area contributed by atoms with Gasteiger partial charge in [0.05, 0.1) is 19.8 Å². The lowest BCUT2D eigenvalue weighted by Crippen LogP contribution is -2.36. The largest absolute Gasteiger partial charge is 0.342 e. The summed E-state index contributed by atoms with van der Waals surface area (Å²) < 4.78 is 14.9. The van der Waals surface area contributed by atoms with Crippen LogP contribution in [0.1, 0.15) is 43.4 Å². The summed E-state index contributed by atoms with van der Waals surface area (Å²) in [6.45, 7) is 4.07. The number of hydrogen-bond donors (Lipinski definition) is 0. The third kappa shape index (κ3) is 3.41. The first kappa shape index (κ1) is 18.7. The van der Waals surface area contributed by atoms with Crippen LogP contribution in [0.2, 0.25) is 5.02 Å². The van der Waals surface area contributed by atoms with Crippen molar-refractivity contribution in [1.29, 1.82) is 0 Å². The van der Waals surface area contributed by atoms with Gasteiger partial charge in [-0.1, -0.05) is 23.6 Å². The predicted octanol–water partition coefficient (Wildman–Crippen LogP) is 4.92. The van der Waals surface area contributed by atoms with Crippen molar-refractivity contribution >= 4 is 22.5 Å². The number of allylic oxidation sites excluding steroid dienone is 1. The van der Waals surface area contributed by atoms with Crippen molar-refractivity contribution in [3.8, 4) is 0 Å². The van der Waals surface area contributed by atoms with E-state index >= 15 is 0 Å². The monoisotopic (exact) mass is 400 g/mol. The van der Waals surface area contributed by atoms with E-state index in [-0.39, 0.29) is 0 Å². The number of ether oxygens (including phenoxy) is 2. The predicted molar refractivity (Wildman–Crippen MR) is 113 cm³/mol. The molecule has 5 rings (SSSR count). The van der Waals surface area contributed by atoms with E-state index in [0.717, 1.165) is 24.5 Å². The Morgan fingerprint density at radius 3 is 2.68 bits per heavy atom. The van der Waals surface area contributed by atoms with E-state index in [1.807, 2.05) is 6.07 Å². The van der Waals surface area contributed by atoms with E-state index in [1.165, 1.54) is 59.8 Å². The van der Waals surface area contributed by atoms with Gasteiger partial charge in [0, 0.05) is 34.7 Å². The second-order valence-electron chi connectivity index (χ2n) is 8.53. The van der Waals surface area contributed by atoms with E-state index in [0.29, 0.717) is 19.8 Å². The zero-order chi connectivity index (χ0) is 19.1. The summed E-state index contributed by atoms with van der Waals surface area (Å²) in [6, 6.07) is 6.28. The highest BCUT2D eigenvalue weighted by Crippen LogP contribution is 2.36. The van der Waals surface area contributed by atoms with Crippen LogP contribution in [0.25, 0.3) is 10.9 Å². The standard InChI is InChI=1S/C23H29ClN2O2/c1-25-10-9-19-20-13-18(24)7-8-21(20)26(22(19)15-25)16-23(27-11-12-28-23)14-17-5-3-2-4-6-17/h7-8,13-14H,2-6,9-12,15-16H2,1H3. The van der Waals surface area contributed by atoms with E-state index in [9.17, 15) is 0 Å². The average molecular weight is 401 g/mol. The number of rotatable bonds is 3. The van der Waals surface area contributed by atoms with Crippen molar-refractivity contribution in [1.82, 2.24) is 9.47 Å². The molecule has 150 valence electrons. The van der Waals surface area contributed by atoms with Crippen LogP contribution in [-0.2, 0) is 29.0 Å². The van der Waals surface area contributed by atoms with Gasteiger partial charge in [-0.25, -0.2) is 0 Å². The Bertz CT molecular complexity index is 903. The Labute approximate surface area is 172 Å². The van der Waals surface area contributed by atoms with Crippen LogP contribution in [0.3, 0.4) is 0 Å². The Morgan fingerprint density at radius 1 is 1.11 bits per heavy atom. The van der Waals surface area contributed by atoms with E-state index in [4.69, 9.17) is 21.1 Å². The molecule has 0 radical (unpaired) electrons. The van der Waals surface area contributed by atoms with Gasteiger partial charge in [-0.2, -0.15) is 0 Å². The molecule has 28 heavy (non-hydrogen) atoms. The van der Waals surface area contributed by atoms with Gasteiger partial charge in [-0.3, -0.25) is 0 Å². The summed E-state index contributed by atoms with van der Waals surface area (Å²) in [5.74, 6) is -0.637. The number of likely N-dealkylation sites (N-methyl/N-ethyl adjacent to an activating group) is 1. The molecule has 3 heterocycles. The van der Waals surface area contributed by atoms with Crippen molar-refractivity contribution in [2.75, 3.05) is 26.8 Å². The minimum absolute atomic E-state index is 0.637. The Balaban J connectivity index is 1.59. The Morgan fingerprint density at radius 2 is 1.89 bits per heavy atom. The fourth-order valence-corrected chi connectivity index (χ4v) is 5.27. The molecule has 5 heteroatoms. The Kier molecular flexibility index (Phi) is 5.00. The van der Waals surface area contributed by atoms with Crippen LogP contribution in [0.4, 0.5) is 0 Å². The van der Waals surface area contributed by atoms with Crippen LogP contribution >= 0.6 is 11.6 Å². The SMILES string of the molecule is CN1CCc2c(n(CC3(C=C4CCCCC4)OCCO3)c3ccc(Cl)cc23)C1. The lowest BCUT2D eigenvalue weighted by atomic mass is 9.93. The number of aromatic nitrogens is 1. The zero-order valence-electron chi connectivity index (χ0n) is 16.7. The number of halogens is 1. The molecule has 2 aliphatic heterocycles. The second kappa shape index (κ2) is 7.49. The van der Waals surface area contributed by atoms with E-state index in [2.05, 4.69) is 34.7 Å². The summed E-state index contributed by atoms with van der Waals surface area (Å²) in [6.07, 6.45) is 9.63. The van der Waals surface area contributed by atoms with Crippen LogP contribution in [0, 0.1) is 0 Å². The molecule has 2 aromatic rings. The average Bonchev–Trinajstić information content (AvgIpc) is 3.26. The topological polar surface area (TPSA) is 26.6 Å². The molecule has 0 bridgehead atoms. The van der Waals surface area contributed by atoms with E-state index < -0.39 is 5.79 Å². The van der Waals surface area contributed by atoms with Crippen LogP contribution in [0.5, 0.6) is 0 Å². The highest BCUT2D eigenvalue weighted by atomic mass is 35.5. The fraction of sp³-hybridized carbons (Fsp3) is 0.565. The molecule has 0 N–H and O–H groups in total. The summed E-state index contributed by atoms with van der Waals surface area (Å²) in [5, 5.41) is 2.09. The summed E-state index contributed by atoms with van der Waals surface area (Å²) >= 11 is 6.35. The van der Waals surface area contributed by atoms with Gasteiger partial charge in [0.1, 0.15) is 0 Å². The molecule has 4 nitrogen and oxygen atoms in total. The first-order valence-electron chi connectivity index (χ1n) is 10.6. The lowest BCUT2D eigenvalue weighted by Gasteiger charge is -2.30. The highest BCUT2D eigenvalue weighted by Gasteiger charge is 2.37. The van der Waals surface area contributed by atoms with Gasteiger partial charge >= 0.3 is 0 Å². The molecule has 3 aliphatic rings. The first-order chi connectivity index (χ1) is 13.6. The van der Waals surface area contributed by atoms with Gasteiger partial charge in [0.15, 0.2) is 0 Å². The number of benzene rings is 1. The third-order valence-corrected chi connectivity index (χ3v) is 6.72. The number of fused-ring (bicyclic) bond motifs is 3. The van der Waals surface area contributed by atoms with Crippen molar-refractivity contribution in [3.05, 3.63) is 46.1 Å². The molecule has 0 amide bonds. The van der Waals surface area contributed by atoms with Crippen molar-refractivity contribution in [2.45, 2.75) is 57.4 Å². The van der Waals surface area contributed by atoms with Crippen molar-refractivity contribution in [2.24, 2.45) is 0 Å². The maximum atomic E-state index is 6.35. The molecule has 1 saturated heterocycles. The molecular weight excluding hydrogens is 372 g/mol. The van der Waals surface area contributed by atoms with Gasteiger partial charge in [-0.15, -0.1) is 0 Å². The molecule has 1 aromatic carbocycles. The highest BCUT2D eigenvalue weighted by molar-refractivity contribution is 6.31. The Hall–Kier alpha value is -1.33. The van der Waals surface area contributed by atoms with E-state index in [1.54, 1.807) is 0 Å². The minimum atomic E-state index is -0.637. The quantitative estimate of drug-likeness (QED) is 0.684. The van der Waals surface area contributed by atoms with Crippen LogP contribution in [-0.4, -0.2) is 42.1 Å². The molecule has 0 spiro atoms. The maximum Gasteiger partial charge on any atom is 0.206 e. The minimum Gasteiger partial charge on any atom is -0.342 e. The van der Waals surface area contributed by atoms with Crippen molar-refractivity contribution < 1.29 is 9.47 Å². The molecule has 0 atom stereocenters. The third-order valence-electron chi connectivity index (χ3n) is 6.49. The lowest BCUT2D eigenvalue weighted by molar-refractivity contribution is -0.127. The van der Waals surface area contributed by atoms with Crippen molar-refractivity contribution in [3.63, 3.8) is 0 Å². The smallest absolute Gasteiger partial charge is 0.206 e.